The first-order valence-electron chi connectivity index (χ1n) is 10.1. The molecule has 1 aliphatic rings. The number of hydrogen-bond donors (Lipinski definition) is 4. The molecule has 11 nitrogen and oxygen atoms in total. The minimum Gasteiger partial charge on any atom is -0.480 e. The molecule has 1 atom stereocenters. The molecule has 32 heavy (non-hydrogen) atoms. The van der Waals surface area contributed by atoms with Gasteiger partial charge in [-0.3, -0.25) is 24.7 Å². The van der Waals surface area contributed by atoms with Gasteiger partial charge in [0.1, 0.15) is 11.4 Å². The number of carbonyl (C=O) groups is 4. The van der Waals surface area contributed by atoms with Gasteiger partial charge in [-0.2, -0.15) is 0 Å². The summed E-state index contributed by atoms with van der Waals surface area (Å²) < 4.78 is 5.28. The number of benzene rings is 1. The van der Waals surface area contributed by atoms with E-state index in [1.54, 1.807) is 25.7 Å². The van der Waals surface area contributed by atoms with Gasteiger partial charge in [-0.25, -0.2) is 4.79 Å². The van der Waals surface area contributed by atoms with E-state index in [9.17, 15) is 19.2 Å². The van der Waals surface area contributed by atoms with Crippen molar-refractivity contribution in [3.8, 4) is 0 Å². The average molecular weight is 447 g/mol. The van der Waals surface area contributed by atoms with Crippen LogP contribution >= 0.6 is 0 Å². The van der Waals surface area contributed by atoms with Crippen LogP contribution in [0, 0.1) is 5.41 Å². The second kappa shape index (κ2) is 10.2. The molecule has 1 saturated heterocycles. The van der Waals surface area contributed by atoms with Crippen LogP contribution in [0.3, 0.4) is 0 Å². The number of ether oxygens (including phenoxy) is 1. The summed E-state index contributed by atoms with van der Waals surface area (Å²) in [5, 5.41) is 19.1. The standard InChI is InChI=1S/C21H29N5O6/c1-21(2,3)32-20(31)14-6-4-13(5-7-14)18(29)24-16(17(22)23)19(30)26-10-8-25(9-11-26)12-15(27)28/h4-7,16H,8-12H2,1-3H3,(H3,22,23)(H,24,29)(H,27,28). The Morgan fingerprint density at radius 2 is 1.62 bits per heavy atom. The molecule has 1 aromatic rings. The van der Waals surface area contributed by atoms with Crippen molar-refractivity contribution >= 4 is 29.6 Å². The number of hydrogen-bond acceptors (Lipinski definition) is 7. The molecular formula is C21H29N5O6. The van der Waals surface area contributed by atoms with Gasteiger partial charge < -0.3 is 25.8 Å². The van der Waals surface area contributed by atoms with E-state index < -0.39 is 41.2 Å². The first-order valence-corrected chi connectivity index (χ1v) is 10.1. The predicted octanol–water partition coefficient (Wildman–Crippen LogP) is -0.0949. The molecule has 0 spiro atoms. The summed E-state index contributed by atoms with van der Waals surface area (Å²) in [6, 6.07) is 4.37. The van der Waals surface area contributed by atoms with Crippen LogP contribution < -0.4 is 11.1 Å². The van der Waals surface area contributed by atoms with E-state index in [1.165, 1.54) is 29.2 Å². The first-order chi connectivity index (χ1) is 14.9. The highest BCUT2D eigenvalue weighted by molar-refractivity contribution is 6.09. The molecule has 1 heterocycles. The smallest absolute Gasteiger partial charge is 0.338 e. The molecule has 0 bridgehead atoms. The number of carbonyl (C=O) groups excluding carboxylic acids is 3. The molecule has 0 radical (unpaired) electrons. The van der Waals surface area contributed by atoms with Gasteiger partial charge in [-0.05, 0) is 45.0 Å². The number of carboxylic acids is 1. The fourth-order valence-electron chi connectivity index (χ4n) is 3.08. The Morgan fingerprint density at radius 3 is 2.09 bits per heavy atom. The number of amides is 2. The van der Waals surface area contributed by atoms with E-state index in [2.05, 4.69) is 5.32 Å². The van der Waals surface area contributed by atoms with E-state index in [4.69, 9.17) is 21.0 Å². The molecular weight excluding hydrogens is 418 g/mol. The minimum absolute atomic E-state index is 0.117. The van der Waals surface area contributed by atoms with Gasteiger partial charge in [0, 0.05) is 31.7 Å². The lowest BCUT2D eigenvalue weighted by Gasteiger charge is -2.35. The highest BCUT2D eigenvalue weighted by Crippen LogP contribution is 2.13. The van der Waals surface area contributed by atoms with E-state index >= 15 is 0 Å². The van der Waals surface area contributed by atoms with E-state index in [0.717, 1.165) is 0 Å². The highest BCUT2D eigenvalue weighted by atomic mass is 16.6. The number of nitrogens with zero attached hydrogens (tertiary/aromatic N) is 2. The molecule has 1 fully saturated rings. The van der Waals surface area contributed by atoms with Gasteiger partial charge in [-0.15, -0.1) is 0 Å². The molecule has 0 aromatic heterocycles. The van der Waals surface area contributed by atoms with Crippen molar-refractivity contribution in [1.82, 2.24) is 15.1 Å². The number of carboxylic acid groups (broad SMARTS) is 1. The van der Waals surface area contributed by atoms with Crippen molar-refractivity contribution in [3.05, 3.63) is 35.4 Å². The number of aliphatic carboxylic acids is 1. The fourth-order valence-corrected chi connectivity index (χ4v) is 3.08. The van der Waals surface area contributed by atoms with Crippen LogP contribution in [0.25, 0.3) is 0 Å². The lowest BCUT2D eigenvalue weighted by Crippen LogP contribution is -2.58. The van der Waals surface area contributed by atoms with Crippen molar-refractivity contribution in [2.24, 2.45) is 5.73 Å². The summed E-state index contributed by atoms with van der Waals surface area (Å²) in [5.74, 6) is -3.15. The Bertz CT molecular complexity index is 885. The largest absolute Gasteiger partial charge is 0.480 e. The zero-order valence-electron chi connectivity index (χ0n) is 18.4. The topological polar surface area (TPSA) is 166 Å². The van der Waals surface area contributed by atoms with Crippen LogP contribution in [0.5, 0.6) is 0 Å². The Balaban J connectivity index is 2.01. The molecule has 0 saturated carbocycles. The molecule has 11 heteroatoms. The molecule has 1 aliphatic heterocycles. The second-order valence-electron chi connectivity index (χ2n) is 8.44. The molecule has 1 unspecified atom stereocenters. The summed E-state index contributed by atoms with van der Waals surface area (Å²) >= 11 is 0. The van der Waals surface area contributed by atoms with Crippen LogP contribution in [0.2, 0.25) is 0 Å². The number of nitrogens with one attached hydrogen (secondary N) is 2. The first kappa shape index (κ1) is 24.8. The van der Waals surface area contributed by atoms with Crippen molar-refractivity contribution in [3.63, 3.8) is 0 Å². The van der Waals surface area contributed by atoms with Crippen LogP contribution in [-0.2, 0) is 14.3 Å². The minimum atomic E-state index is -1.35. The molecule has 5 N–H and O–H groups in total. The summed E-state index contributed by atoms with van der Waals surface area (Å²) in [6.07, 6.45) is 0. The molecule has 2 amide bonds. The van der Waals surface area contributed by atoms with Crippen molar-refractivity contribution in [2.75, 3.05) is 32.7 Å². The third-order valence-corrected chi connectivity index (χ3v) is 4.66. The van der Waals surface area contributed by atoms with Crippen LogP contribution in [0.4, 0.5) is 0 Å². The maximum atomic E-state index is 12.8. The molecule has 174 valence electrons. The molecule has 0 aliphatic carbocycles. The average Bonchev–Trinajstić information content (AvgIpc) is 2.70. The lowest BCUT2D eigenvalue weighted by atomic mass is 10.1. The van der Waals surface area contributed by atoms with E-state index in [0.29, 0.717) is 13.1 Å². The summed E-state index contributed by atoms with van der Waals surface area (Å²) in [7, 11) is 0. The van der Waals surface area contributed by atoms with Crippen molar-refractivity contribution in [1.29, 1.82) is 5.41 Å². The van der Waals surface area contributed by atoms with E-state index in [-0.39, 0.29) is 30.8 Å². The lowest BCUT2D eigenvalue weighted by molar-refractivity contribution is -0.139. The number of nitrogens with two attached hydrogens (primary N) is 1. The predicted molar refractivity (Wildman–Crippen MR) is 115 cm³/mol. The van der Waals surface area contributed by atoms with Gasteiger partial charge in [-0.1, -0.05) is 0 Å². The summed E-state index contributed by atoms with van der Waals surface area (Å²) in [6.45, 7) is 6.37. The Hall–Kier alpha value is -3.47. The molecule has 1 aromatic carbocycles. The number of rotatable bonds is 7. The van der Waals surface area contributed by atoms with Crippen molar-refractivity contribution in [2.45, 2.75) is 32.4 Å². The zero-order valence-corrected chi connectivity index (χ0v) is 18.4. The monoisotopic (exact) mass is 447 g/mol. The van der Waals surface area contributed by atoms with Crippen LogP contribution in [-0.4, -0.2) is 88.9 Å². The third-order valence-electron chi connectivity index (χ3n) is 4.66. The van der Waals surface area contributed by atoms with Crippen LogP contribution in [0.1, 0.15) is 41.5 Å². The maximum Gasteiger partial charge on any atom is 0.338 e. The van der Waals surface area contributed by atoms with Gasteiger partial charge in [0.05, 0.1) is 12.1 Å². The van der Waals surface area contributed by atoms with Gasteiger partial charge in [0.2, 0.25) is 0 Å². The van der Waals surface area contributed by atoms with Gasteiger partial charge in [0.25, 0.3) is 11.8 Å². The third kappa shape index (κ3) is 7.05. The Morgan fingerprint density at radius 1 is 1.09 bits per heavy atom. The number of piperazine rings is 1. The maximum absolute atomic E-state index is 12.8. The normalized spacial score (nSPS) is 15.5. The van der Waals surface area contributed by atoms with Gasteiger partial charge in [0.15, 0.2) is 6.04 Å². The van der Waals surface area contributed by atoms with E-state index in [1.807, 2.05) is 0 Å². The zero-order chi connectivity index (χ0) is 24.1. The Labute approximate surface area is 186 Å². The molecule has 2 rings (SSSR count). The summed E-state index contributed by atoms with van der Waals surface area (Å²) in [4.78, 5) is 51.5. The second-order valence-corrected chi connectivity index (χ2v) is 8.44. The fraction of sp³-hybridized carbons (Fsp3) is 0.476. The number of amidine groups is 1. The number of esters is 1. The Kier molecular flexibility index (Phi) is 7.92. The van der Waals surface area contributed by atoms with Crippen LogP contribution in [0.15, 0.2) is 24.3 Å². The quantitative estimate of drug-likeness (QED) is 0.255. The summed E-state index contributed by atoms with van der Waals surface area (Å²) in [5.41, 5.74) is 5.36. The SMILES string of the molecule is CC(C)(C)OC(=O)c1ccc(C(=O)NC(C(=N)N)C(=O)N2CCN(CC(=O)O)CC2)cc1. The highest BCUT2D eigenvalue weighted by Gasteiger charge is 2.31. The van der Waals surface area contributed by atoms with Gasteiger partial charge >= 0.3 is 11.9 Å². The van der Waals surface area contributed by atoms with Crippen molar-refractivity contribution < 1.29 is 29.0 Å².